The van der Waals surface area contributed by atoms with Crippen molar-refractivity contribution < 1.29 is 14.3 Å². The van der Waals surface area contributed by atoms with E-state index in [0.717, 1.165) is 44.8 Å². The number of hydrogen-bond donors (Lipinski definition) is 1. The van der Waals surface area contributed by atoms with E-state index in [2.05, 4.69) is 33.9 Å². The van der Waals surface area contributed by atoms with Crippen molar-refractivity contribution in [3.05, 3.63) is 35.4 Å². The van der Waals surface area contributed by atoms with Crippen LogP contribution >= 0.6 is 0 Å². The van der Waals surface area contributed by atoms with Crippen LogP contribution in [-0.4, -0.2) is 91.1 Å². The number of nitrogens with zero attached hydrogens (tertiary/aromatic N) is 3. The lowest BCUT2D eigenvalue weighted by atomic mass is 10.1. The van der Waals surface area contributed by atoms with Gasteiger partial charge in [-0.2, -0.15) is 0 Å². The van der Waals surface area contributed by atoms with Gasteiger partial charge in [0.25, 0.3) is 0 Å². The maximum absolute atomic E-state index is 12.6. The SMILES string of the molecule is COC(=O)c1ccc(CNC(=O)C(C)N2CCN(CCN3C(C)CCC3C)CC2)cc1. The summed E-state index contributed by atoms with van der Waals surface area (Å²) in [6, 6.07) is 8.40. The Kier molecular flexibility index (Phi) is 8.46. The quantitative estimate of drug-likeness (QED) is 0.636. The molecular weight excluding hydrogens is 392 g/mol. The second kappa shape index (κ2) is 11.1. The highest BCUT2D eigenvalue weighted by Crippen LogP contribution is 2.23. The Morgan fingerprint density at radius 1 is 1.03 bits per heavy atom. The number of carbonyl (C=O) groups excluding carboxylic acids is 2. The maximum Gasteiger partial charge on any atom is 0.337 e. The van der Waals surface area contributed by atoms with E-state index in [4.69, 9.17) is 4.74 Å². The number of nitrogens with one attached hydrogen (secondary N) is 1. The highest BCUT2D eigenvalue weighted by molar-refractivity contribution is 5.89. The molecule has 1 aromatic carbocycles. The van der Waals surface area contributed by atoms with Crippen molar-refractivity contribution in [3.8, 4) is 0 Å². The third kappa shape index (κ3) is 6.28. The molecule has 1 amide bonds. The van der Waals surface area contributed by atoms with Gasteiger partial charge in [-0.05, 0) is 51.3 Å². The van der Waals surface area contributed by atoms with E-state index in [-0.39, 0.29) is 17.9 Å². The normalized spacial score (nSPS) is 24.1. The summed E-state index contributed by atoms with van der Waals surface area (Å²) in [5.41, 5.74) is 1.47. The Balaban J connectivity index is 1.38. The molecule has 0 bridgehead atoms. The Bertz CT molecular complexity index is 721. The summed E-state index contributed by atoms with van der Waals surface area (Å²) in [5, 5.41) is 3.02. The van der Waals surface area contributed by atoms with Gasteiger partial charge in [0.1, 0.15) is 0 Å². The molecule has 3 rings (SSSR count). The molecular formula is C24H38N4O3. The number of carbonyl (C=O) groups is 2. The van der Waals surface area contributed by atoms with Crippen LogP contribution in [0.3, 0.4) is 0 Å². The molecule has 1 N–H and O–H groups in total. The zero-order chi connectivity index (χ0) is 22.4. The van der Waals surface area contributed by atoms with E-state index >= 15 is 0 Å². The molecule has 31 heavy (non-hydrogen) atoms. The molecule has 3 atom stereocenters. The van der Waals surface area contributed by atoms with Gasteiger partial charge in [0.15, 0.2) is 0 Å². The van der Waals surface area contributed by atoms with Crippen LogP contribution in [0.1, 0.15) is 49.5 Å². The minimum Gasteiger partial charge on any atom is -0.465 e. The molecule has 1 aromatic rings. The fourth-order valence-corrected chi connectivity index (χ4v) is 4.70. The number of rotatable bonds is 8. The number of benzene rings is 1. The summed E-state index contributed by atoms with van der Waals surface area (Å²) in [6.07, 6.45) is 2.63. The van der Waals surface area contributed by atoms with Gasteiger partial charge in [0.05, 0.1) is 18.7 Å². The third-order valence-corrected chi connectivity index (χ3v) is 6.98. The minimum absolute atomic E-state index is 0.0465. The topological polar surface area (TPSA) is 65.1 Å². The van der Waals surface area contributed by atoms with Crippen LogP contribution in [0.15, 0.2) is 24.3 Å². The van der Waals surface area contributed by atoms with Gasteiger partial charge in [-0.1, -0.05) is 12.1 Å². The summed E-state index contributed by atoms with van der Waals surface area (Å²) in [7, 11) is 1.37. The number of likely N-dealkylation sites (tertiary alicyclic amines) is 1. The lowest BCUT2D eigenvalue weighted by Crippen LogP contribution is -2.54. The average molecular weight is 431 g/mol. The first-order valence-electron chi connectivity index (χ1n) is 11.6. The van der Waals surface area contributed by atoms with E-state index in [1.54, 1.807) is 12.1 Å². The van der Waals surface area contributed by atoms with Gasteiger partial charge in [-0.3, -0.25) is 19.5 Å². The average Bonchev–Trinajstić information content (AvgIpc) is 3.12. The second-order valence-electron chi connectivity index (χ2n) is 8.97. The molecule has 3 unspecified atom stereocenters. The Hall–Kier alpha value is -1.96. The third-order valence-electron chi connectivity index (χ3n) is 6.98. The summed E-state index contributed by atoms with van der Waals surface area (Å²) >= 11 is 0. The van der Waals surface area contributed by atoms with E-state index in [9.17, 15) is 9.59 Å². The molecule has 172 valence electrons. The van der Waals surface area contributed by atoms with E-state index < -0.39 is 0 Å². The molecule has 0 aromatic heterocycles. The fourth-order valence-electron chi connectivity index (χ4n) is 4.70. The Morgan fingerprint density at radius 2 is 1.65 bits per heavy atom. The second-order valence-corrected chi connectivity index (χ2v) is 8.97. The summed E-state index contributed by atoms with van der Waals surface area (Å²) in [5.74, 6) is -0.307. The number of ether oxygens (including phenoxy) is 1. The minimum atomic E-state index is -0.354. The van der Waals surface area contributed by atoms with Crippen LogP contribution in [0.25, 0.3) is 0 Å². The van der Waals surface area contributed by atoms with E-state index in [1.165, 1.54) is 20.0 Å². The molecule has 2 aliphatic heterocycles. The number of methoxy groups -OCH3 is 1. The molecule has 0 radical (unpaired) electrons. The predicted octanol–water partition coefficient (Wildman–Crippen LogP) is 1.97. The molecule has 2 fully saturated rings. The molecule has 2 heterocycles. The Morgan fingerprint density at radius 3 is 2.23 bits per heavy atom. The monoisotopic (exact) mass is 430 g/mol. The van der Waals surface area contributed by atoms with Crippen LogP contribution in [0.5, 0.6) is 0 Å². The van der Waals surface area contributed by atoms with Crippen molar-refractivity contribution in [2.45, 2.75) is 58.3 Å². The van der Waals surface area contributed by atoms with Crippen molar-refractivity contribution in [1.29, 1.82) is 0 Å². The standard InChI is InChI=1S/C24H38N4O3/c1-18-5-6-19(2)28(18)16-13-26-11-14-27(15-12-26)20(3)23(29)25-17-21-7-9-22(10-8-21)24(30)31-4/h7-10,18-20H,5-6,11-17H2,1-4H3,(H,25,29). The molecule has 2 saturated heterocycles. The highest BCUT2D eigenvalue weighted by Gasteiger charge is 2.29. The highest BCUT2D eigenvalue weighted by atomic mass is 16.5. The van der Waals surface area contributed by atoms with Gasteiger partial charge in [-0.25, -0.2) is 4.79 Å². The van der Waals surface area contributed by atoms with Crippen molar-refractivity contribution in [3.63, 3.8) is 0 Å². The first-order chi connectivity index (χ1) is 14.9. The molecule has 0 spiro atoms. The summed E-state index contributed by atoms with van der Waals surface area (Å²) in [6.45, 7) is 13.3. The van der Waals surface area contributed by atoms with Crippen LogP contribution in [0.4, 0.5) is 0 Å². The fraction of sp³-hybridized carbons (Fsp3) is 0.667. The van der Waals surface area contributed by atoms with Crippen LogP contribution in [0.2, 0.25) is 0 Å². The first kappa shape index (κ1) is 23.7. The van der Waals surface area contributed by atoms with Crippen molar-refractivity contribution in [2.24, 2.45) is 0 Å². The van der Waals surface area contributed by atoms with Crippen molar-refractivity contribution >= 4 is 11.9 Å². The number of esters is 1. The van der Waals surface area contributed by atoms with Gasteiger partial charge < -0.3 is 10.1 Å². The first-order valence-corrected chi connectivity index (χ1v) is 11.6. The van der Waals surface area contributed by atoms with Gasteiger partial charge in [0.2, 0.25) is 5.91 Å². The van der Waals surface area contributed by atoms with Crippen molar-refractivity contribution in [1.82, 2.24) is 20.0 Å². The van der Waals surface area contributed by atoms with Crippen LogP contribution in [0, 0.1) is 0 Å². The zero-order valence-electron chi connectivity index (χ0n) is 19.5. The lowest BCUT2D eigenvalue weighted by Gasteiger charge is -2.38. The largest absolute Gasteiger partial charge is 0.465 e. The smallest absolute Gasteiger partial charge is 0.337 e. The van der Waals surface area contributed by atoms with Gasteiger partial charge in [-0.15, -0.1) is 0 Å². The van der Waals surface area contributed by atoms with Gasteiger partial charge in [0, 0.05) is 57.9 Å². The number of amides is 1. The molecule has 7 heteroatoms. The zero-order valence-corrected chi connectivity index (χ0v) is 19.5. The summed E-state index contributed by atoms with van der Waals surface area (Å²) in [4.78, 5) is 31.6. The van der Waals surface area contributed by atoms with E-state index in [0.29, 0.717) is 24.2 Å². The van der Waals surface area contributed by atoms with Gasteiger partial charge >= 0.3 is 5.97 Å². The van der Waals surface area contributed by atoms with Crippen molar-refractivity contribution in [2.75, 3.05) is 46.4 Å². The van der Waals surface area contributed by atoms with E-state index in [1.807, 2.05) is 19.1 Å². The maximum atomic E-state index is 12.6. The van der Waals surface area contributed by atoms with Crippen LogP contribution < -0.4 is 5.32 Å². The number of hydrogen-bond acceptors (Lipinski definition) is 6. The number of piperazine rings is 1. The Labute approximate surface area is 186 Å². The lowest BCUT2D eigenvalue weighted by molar-refractivity contribution is -0.126. The predicted molar refractivity (Wildman–Crippen MR) is 122 cm³/mol. The summed E-state index contributed by atoms with van der Waals surface area (Å²) < 4.78 is 4.71. The molecule has 0 saturated carbocycles. The van der Waals surface area contributed by atoms with Crippen LogP contribution in [-0.2, 0) is 16.1 Å². The molecule has 2 aliphatic rings. The molecule has 0 aliphatic carbocycles. The molecule has 7 nitrogen and oxygen atoms in total.